The monoisotopic (exact) mass is 508 g/mol. The third-order valence-electron chi connectivity index (χ3n) is 5.05. The van der Waals surface area contributed by atoms with Crippen molar-refractivity contribution in [2.24, 2.45) is 4.99 Å². The molecule has 3 rings (SSSR count). The Labute approximate surface area is 191 Å². The van der Waals surface area contributed by atoms with E-state index in [4.69, 9.17) is 4.99 Å². The number of guanidine groups is 1. The fraction of sp³-hybridized carbons (Fsp3) is 0.455. The van der Waals surface area contributed by atoms with E-state index in [9.17, 15) is 0 Å². The Morgan fingerprint density at radius 3 is 2.45 bits per heavy atom. The van der Waals surface area contributed by atoms with Crippen LogP contribution in [0.4, 0.5) is 5.82 Å². The van der Waals surface area contributed by atoms with Crippen LogP contribution in [-0.4, -0.2) is 55.6 Å². The predicted molar refractivity (Wildman–Crippen MR) is 132 cm³/mol. The molecule has 29 heavy (non-hydrogen) atoms. The molecule has 2 aromatic rings. The van der Waals surface area contributed by atoms with Gasteiger partial charge < -0.3 is 20.4 Å². The highest BCUT2D eigenvalue weighted by Gasteiger charge is 2.15. The molecule has 1 aliphatic heterocycles. The van der Waals surface area contributed by atoms with Gasteiger partial charge in [-0.05, 0) is 38.1 Å². The number of benzene rings is 1. The normalized spacial score (nSPS) is 16.1. The molecule has 1 aromatic carbocycles. The highest BCUT2D eigenvalue weighted by molar-refractivity contribution is 14.0. The van der Waals surface area contributed by atoms with Crippen molar-refractivity contribution in [3.63, 3.8) is 0 Å². The van der Waals surface area contributed by atoms with Gasteiger partial charge in [0.05, 0.1) is 12.6 Å². The molecule has 1 aromatic heterocycles. The Kier molecular flexibility index (Phi) is 9.66. The minimum atomic E-state index is 0. The van der Waals surface area contributed by atoms with Gasteiger partial charge in [0.15, 0.2) is 5.96 Å². The van der Waals surface area contributed by atoms with E-state index in [1.54, 1.807) is 0 Å². The zero-order chi connectivity index (χ0) is 19.8. The van der Waals surface area contributed by atoms with Gasteiger partial charge in [-0.2, -0.15) is 0 Å². The lowest BCUT2D eigenvalue weighted by Crippen LogP contribution is -2.44. The van der Waals surface area contributed by atoms with E-state index in [1.165, 1.54) is 5.56 Å². The molecule has 6 nitrogen and oxygen atoms in total. The van der Waals surface area contributed by atoms with Crippen molar-refractivity contribution in [2.75, 3.05) is 44.7 Å². The lowest BCUT2D eigenvalue weighted by Gasteiger charge is -2.33. The number of piperazine rings is 1. The van der Waals surface area contributed by atoms with Crippen molar-refractivity contribution >= 4 is 35.8 Å². The van der Waals surface area contributed by atoms with E-state index in [1.807, 2.05) is 12.3 Å². The van der Waals surface area contributed by atoms with Gasteiger partial charge in [-0.3, -0.25) is 0 Å². The zero-order valence-electron chi connectivity index (χ0n) is 17.6. The zero-order valence-corrected chi connectivity index (χ0v) is 20.0. The number of hydrogen-bond donors (Lipinski definition) is 2. The minimum Gasteiger partial charge on any atom is -0.357 e. The molecule has 0 saturated carbocycles. The first-order valence-corrected chi connectivity index (χ1v) is 10.1. The number of pyridine rings is 1. The van der Waals surface area contributed by atoms with Crippen LogP contribution in [0.25, 0.3) is 0 Å². The van der Waals surface area contributed by atoms with Crippen LogP contribution in [0.5, 0.6) is 0 Å². The molecular weight excluding hydrogens is 475 g/mol. The summed E-state index contributed by atoms with van der Waals surface area (Å²) in [5.41, 5.74) is 2.36. The number of nitrogens with one attached hydrogen (secondary N) is 2. The maximum atomic E-state index is 4.74. The van der Waals surface area contributed by atoms with Crippen LogP contribution in [0.3, 0.4) is 0 Å². The number of nitrogens with zero attached hydrogens (tertiary/aromatic N) is 4. The predicted octanol–water partition coefficient (Wildman–Crippen LogP) is 3.27. The molecule has 1 atom stereocenters. The molecule has 0 aliphatic carbocycles. The number of likely N-dealkylation sites (N-methyl/N-ethyl adjacent to an activating group) is 1. The highest BCUT2D eigenvalue weighted by Crippen LogP contribution is 2.14. The SMILES string of the molecule is CCNC(=NCc1ccc(N2CCN(C)CC2)nc1)NC(C)c1ccccc1.I. The van der Waals surface area contributed by atoms with Gasteiger partial charge in [-0.1, -0.05) is 36.4 Å². The summed E-state index contributed by atoms with van der Waals surface area (Å²) in [7, 11) is 2.17. The number of aliphatic imine (C=N–C) groups is 1. The number of halogens is 1. The fourth-order valence-electron chi connectivity index (χ4n) is 3.25. The van der Waals surface area contributed by atoms with Gasteiger partial charge in [-0.15, -0.1) is 24.0 Å². The molecule has 1 aliphatic rings. The Hall–Kier alpha value is -1.87. The Bertz CT molecular complexity index is 742. The summed E-state index contributed by atoms with van der Waals surface area (Å²) in [4.78, 5) is 14.1. The first kappa shape index (κ1) is 23.4. The maximum absolute atomic E-state index is 4.74. The molecule has 2 N–H and O–H groups in total. The smallest absolute Gasteiger partial charge is 0.192 e. The van der Waals surface area contributed by atoms with Crippen molar-refractivity contribution in [3.05, 3.63) is 59.8 Å². The quantitative estimate of drug-likeness (QED) is 0.357. The molecule has 0 radical (unpaired) electrons. The Morgan fingerprint density at radius 2 is 1.83 bits per heavy atom. The van der Waals surface area contributed by atoms with E-state index in [-0.39, 0.29) is 30.0 Å². The third-order valence-corrected chi connectivity index (χ3v) is 5.05. The van der Waals surface area contributed by atoms with Gasteiger partial charge >= 0.3 is 0 Å². The van der Waals surface area contributed by atoms with Crippen LogP contribution in [-0.2, 0) is 6.54 Å². The molecule has 2 heterocycles. The van der Waals surface area contributed by atoms with Gasteiger partial charge in [-0.25, -0.2) is 9.98 Å². The largest absolute Gasteiger partial charge is 0.357 e. The molecule has 0 amide bonds. The Morgan fingerprint density at radius 1 is 1.10 bits per heavy atom. The van der Waals surface area contributed by atoms with E-state index < -0.39 is 0 Å². The van der Waals surface area contributed by atoms with Crippen molar-refractivity contribution in [3.8, 4) is 0 Å². The van der Waals surface area contributed by atoms with Gasteiger partial charge in [0.25, 0.3) is 0 Å². The minimum absolute atomic E-state index is 0. The second-order valence-electron chi connectivity index (χ2n) is 7.29. The topological polar surface area (TPSA) is 55.8 Å². The van der Waals surface area contributed by atoms with Gasteiger partial charge in [0.2, 0.25) is 0 Å². The average molecular weight is 508 g/mol. The summed E-state index contributed by atoms with van der Waals surface area (Å²) in [5.74, 6) is 1.88. The number of anilines is 1. The van der Waals surface area contributed by atoms with Crippen molar-refractivity contribution < 1.29 is 0 Å². The number of rotatable bonds is 6. The first-order chi connectivity index (χ1) is 13.7. The van der Waals surface area contributed by atoms with Crippen LogP contribution >= 0.6 is 24.0 Å². The summed E-state index contributed by atoms with van der Waals surface area (Å²) in [6.45, 7) is 9.90. The van der Waals surface area contributed by atoms with E-state index in [2.05, 4.69) is 82.7 Å². The lowest BCUT2D eigenvalue weighted by atomic mass is 10.1. The highest BCUT2D eigenvalue weighted by atomic mass is 127. The van der Waals surface area contributed by atoms with Crippen LogP contribution in [0.15, 0.2) is 53.7 Å². The molecule has 158 valence electrons. The summed E-state index contributed by atoms with van der Waals surface area (Å²) in [6.07, 6.45) is 1.95. The van der Waals surface area contributed by atoms with Gasteiger partial charge in [0.1, 0.15) is 5.82 Å². The molecule has 0 bridgehead atoms. The summed E-state index contributed by atoms with van der Waals surface area (Å²) in [6, 6.07) is 14.9. The summed E-state index contributed by atoms with van der Waals surface area (Å²) < 4.78 is 0. The van der Waals surface area contributed by atoms with E-state index in [0.29, 0.717) is 6.54 Å². The molecule has 1 unspecified atom stereocenters. The van der Waals surface area contributed by atoms with Crippen LogP contribution < -0.4 is 15.5 Å². The second-order valence-corrected chi connectivity index (χ2v) is 7.29. The van der Waals surface area contributed by atoms with E-state index in [0.717, 1.165) is 50.1 Å². The van der Waals surface area contributed by atoms with Crippen molar-refractivity contribution in [2.45, 2.75) is 26.4 Å². The number of aromatic nitrogens is 1. The van der Waals surface area contributed by atoms with Crippen molar-refractivity contribution in [1.29, 1.82) is 0 Å². The fourth-order valence-corrected chi connectivity index (χ4v) is 3.25. The van der Waals surface area contributed by atoms with Gasteiger partial charge in [0, 0.05) is 38.9 Å². The van der Waals surface area contributed by atoms with Crippen LogP contribution in [0.2, 0.25) is 0 Å². The molecule has 1 saturated heterocycles. The standard InChI is InChI=1S/C22H32N6.HI/c1-4-23-22(26-18(2)20-8-6-5-7-9-20)25-17-19-10-11-21(24-16-19)28-14-12-27(3)13-15-28;/h5-11,16,18H,4,12-15,17H2,1-3H3,(H2,23,25,26);1H. The van der Waals surface area contributed by atoms with Crippen LogP contribution in [0, 0.1) is 0 Å². The van der Waals surface area contributed by atoms with Crippen molar-refractivity contribution in [1.82, 2.24) is 20.5 Å². The summed E-state index contributed by atoms with van der Waals surface area (Å²) in [5, 5.41) is 6.80. The summed E-state index contributed by atoms with van der Waals surface area (Å²) >= 11 is 0. The Balaban J connectivity index is 0.00000300. The van der Waals surface area contributed by atoms with E-state index >= 15 is 0 Å². The number of hydrogen-bond acceptors (Lipinski definition) is 4. The maximum Gasteiger partial charge on any atom is 0.192 e. The third kappa shape index (κ3) is 7.15. The molecule has 0 spiro atoms. The van der Waals surface area contributed by atoms with Crippen LogP contribution in [0.1, 0.15) is 31.0 Å². The average Bonchev–Trinajstić information content (AvgIpc) is 2.74. The lowest BCUT2D eigenvalue weighted by molar-refractivity contribution is 0.312. The molecule has 1 fully saturated rings. The first-order valence-electron chi connectivity index (χ1n) is 10.1. The molecular formula is C22H33IN6. The second kappa shape index (κ2) is 12.0. The molecule has 7 heteroatoms.